The van der Waals surface area contributed by atoms with E-state index in [1.807, 2.05) is 30.3 Å². The fraction of sp³-hybridized carbons (Fsp3) is 0.259. The van der Waals surface area contributed by atoms with E-state index < -0.39 is 10.0 Å². The topological polar surface area (TPSA) is 128 Å². The van der Waals surface area contributed by atoms with E-state index in [0.29, 0.717) is 24.4 Å². The number of sulfonamides is 1. The fourth-order valence-corrected chi connectivity index (χ4v) is 5.27. The van der Waals surface area contributed by atoms with Crippen LogP contribution in [0.25, 0.3) is 11.4 Å². The predicted molar refractivity (Wildman–Crippen MR) is 142 cm³/mol. The van der Waals surface area contributed by atoms with Crippen LogP contribution in [0.15, 0.2) is 77.8 Å². The van der Waals surface area contributed by atoms with Crippen LogP contribution in [-0.4, -0.2) is 46.7 Å². The maximum atomic E-state index is 13.2. The van der Waals surface area contributed by atoms with Crippen molar-refractivity contribution >= 4 is 21.9 Å². The minimum absolute atomic E-state index is 0.0737. The van der Waals surface area contributed by atoms with Crippen molar-refractivity contribution in [1.29, 1.82) is 0 Å². The summed E-state index contributed by atoms with van der Waals surface area (Å²) in [5.74, 6) is -0.0564. The van der Waals surface area contributed by atoms with Crippen LogP contribution in [0.1, 0.15) is 36.2 Å². The van der Waals surface area contributed by atoms with E-state index in [-0.39, 0.29) is 46.8 Å². The van der Waals surface area contributed by atoms with Gasteiger partial charge in [0.2, 0.25) is 11.8 Å². The third-order valence-corrected chi connectivity index (χ3v) is 7.34. The first-order valence-electron chi connectivity index (χ1n) is 12.3. The van der Waals surface area contributed by atoms with Gasteiger partial charge >= 0.3 is 0 Å². The highest BCUT2D eigenvalue weighted by atomic mass is 32.2. The molecule has 5 rings (SSSR count). The third-order valence-electron chi connectivity index (χ3n) is 6.01. The molecule has 2 aromatic carbocycles. The van der Waals surface area contributed by atoms with E-state index in [1.54, 1.807) is 29.1 Å². The molecule has 0 fully saturated rings. The number of nitrogens with zero attached hydrogens (tertiary/aromatic N) is 4. The van der Waals surface area contributed by atoms with Crippen molar-refractivity contribution in [1.82, 2.24) is 25.1 Å². The molecule has 0 radical (unpaired) electrons. The van der Waals surface area contributed by atoms with E-state index in [0.717, 1.165) is 5.56 Å². The molecule has 0 saturated heterocycles. The Kier molecular flexibility index (Phi) is 7.10. The molecule has 1 atom stereocenters. The highest BCUT2D eigenvalue weighted by molar-refractivity contribution is 7.92. The van der Waals surface area contributed by atoms with Crippen LogP contribution in [0, 0.1) is 5.92 Å². The van der Waals surface area contributed by atoms with E-state index in [1.165, 1.54) is 18.2 Å². The molecule has 4 aromatic rings. The molecule has 1 aliphatic rings. The third kappa shape index (κ3) is 5.83. The van der Waals surface area contributed by atoms with Crippen molar-refractivity contribution in [2.75, 3.05) is 11.3 Å². The fourth-order valence-electron chi connectivity index (χ4n) is 4.28. The average molecular weight is 533 g/mol. The highest BCUT2D eigenvalue weighted by Crippen LogP contribution is 2.25. The van der Waals surface area contributed by atoms with Gasteiger partial charge in [-0.3, -0.25) is 9.48 Å². The molecule has 4 bridgehead atoms. The lowest BCUT2D eigenvalue weighted by Gasteiger charge is -2.21. The number of carbonyl (C=O) groups is 1. The second kappa shape index (κ2) is 10.6. The number of nitrogens with one attached hydrogen (secondary N) is 2. The van der Waals surface area contributed by atoms with Crippen LogP contribution in [0.3, 0.4) is 0 Å². The Hall–Kier alpha value is -4.25. The van der Waals surface area contributed by atoms with Crippen LogP contribution >= 0.6 is 0 Å². The number of fused-ring (bicyclic) bond motifs is 4. The van der Waals surface area contributed by atoms with Gasteiger partial charge in [0.1, 0.15) is 6.61 Å². The molecular weight excluding hydrogens is 504 g/mol. The molecule has 0 unspecified atom stereocenters. The molecule has 1 amide bonds. The van der Waals surface area contributed by atoms with Gasteiger partial charge in [-0.25, -0.2) is 18.1 Å². The van der Waals surface area contributed by atoms with Crippen LogP contribution in [0.5, 0.6) is 5.88 Å². The SMILES string of the molecule is CC(C)C[C@@H]1COc2cc(-c3ccnn3Cc3ccccc3)nc(n2)NS(=O)(=O)c2cccc(c2)C(=O)N1. The maximum Gasteiger partial charge on any atom is 0.264 e. The number of aromatic nitrogens is 4. The summed E-state index contributed by atoms with van der Waals surface area (Å²) in [7, 11) is -4.09. The minimum Gasteiger partial charge on any atom is -0.475 e. The zero-order chi connectivity index (χ0) is 26.7. The van der Waals surface area contributed by atoms with Crippen molar-refractivity contribution in [2.45, 2.75) is 37.8 Å². The van der Waals surface area contributed by atoms with Gasteiger partial charge in [-0.2, -0.15) is 10.1 Å². The van der Waals surface area contributed by atoms with Gasteiger partial charge < -0.3 is 10.1 Å². The van der Waals surface area contributed by atoms with Gasteiger partial charge in [0.05, 0.1) is 28.9 Å². The zero-order valence-corrected chi connectivity index (χ0v) is 21.9. The van der Waals surface area contributed by atoms with Gasteiger partial charge in [-0.15, -0.1) is 0 Å². The smallest absolute Gasteiger partial charge is 0.264 e. The summed E-state index contributed by atoms with van der Waals surface area (Å²) in [6, 6.07) is 18.8. The summed E-state index contributed by atoms with van der Waals surface area (Å²) in [5.41, 5.74) is 2.39. The molecule has 0 aliphatic carbocycles. The number of hydrogen-bond donors (Lipinski definition) is 2. The standard InChI is InChI=1S/C27H28N6O4S/c1-18(2)13-21-17-37-25-15-23(24-11-12-28-33(24)16-19-7-4-3-5-8-19)30-27(31-25)32-38(35,36)22-10-6-9-20(14-22)26(34)29-21/h3-12,14-15,18,21H,13,16-17H2,1-2H3,(H,29,34)(H,30,31,32)/t21-/m1/s1. The highest BCUT2D eigenvalue weighted by Gasteiger charge is 2.23. The van der Waals surface area contributed by atoms with E-state index in [2.05, 4.69) is 39.0 Å². The summed E-state index contributed by atoms with van der Waals surface area (Å²) in [4.78, 5) is 21.7. The molecule has 38 heavy (non-hydrogen) atoms. The van der Waals surface area contributed by atoms with Crippen molar-refractivity contribution in [3.8, 4) is 17.3 Å². The first-order valence-corrected chi connectivity index (χ1v) is 13.8. The van der Waals surface area contributed by atoms with Crippen molar-refractivity contribution in [2.24, 2.45) is 5.92 Å². The summed E-state index contributed by atoms with van der Waals surface area (Å²) in [5, 5.41) is 7.41. The lowest BCUT2D eigenvalue weighted by atomic mass is 10.0. The number of ether oxygens (including phenoxy) is 1. The predicted octanol–water partition coefficient (Wildman–Crippen LogP) is 3.73. The molecule has 196 valence electrons. The summed E-state index contributed by atoms with van der Waals surface area (Å²) in [6.07, 6.45) is 2.32. The van der Waals surface area contributed by atoms with Crippen molar-refractivity contribution < 1.29 is 17.9 Å². The van der Waals surface area contributed by atoms with Crippen LogP contribution in [0.2, 0.25) is 0 Å². The molecular formula is C27H28N6O4S. The van der Waals surface area contributed by atoms with Crippen LogP contribution < -0.4 is 14.8 Å². The monoisotopic (exact) mass is 532 g/mol. The lowest BCUT2D eigenvalue weighted by Crippen LogP contribution is -2.40. The summed E-state index contributed by atoms with van der Waals surface area (Å²) >= 11 is 0. The molecule has 11 heteroatoms. The van der Waals surface area contributed by atoms with E-state index >= 15 is 0 Å². The largest absolute Gasteiger partial charge is 0.475 e. The molecule has 2 aromatic heterocycles. The van der Waals surface area contributed by atoms with Crippen molar-refractivity contribution in [3.05, 3.63) is 84.1 Å². The molecule has 2 N–H and O–H groups in total. The first kappa shape index (κ1) is 25.4. The first-order chi connectivity index (χ1) is 18.3. The average Bonchev–Trinajstić information content (AvgIpc) is 3.35. The number of anilines is 1. The number of amides is 1. The maximum absolute atomic E-state index is 13.2. The Morgan fingerprint density at radius 2 is 1.87 bits per heavy atom. The normalized spacial score (nSPS) is 16.8. The number of carbonyl (C=O) groups excluding carboxylic acids is 1. The van der Waals surface area contributed by atoms with Gasteiger partial charge in [-0.05, 0) is 42.2 Å². The molecule has 0 saturated carbocycles. The zero-order valence-electron chi connectivity index (χ0n) is 21.0. The minimum atomic E-state index is -4.09. The lowest BCUT2D eigenvalue weighted by molar-refractivity contribution is 0.0913. The summed E-state index contributed by atoms with van der Waals surface area (Å²) in [6.45, 7) is 4.76. The number of hydrogen-bond acceptors (Lipinski definition) is 7. The van der Waals surface area contributed by atoms with Crippen molar-refractivity contribution in [3.63, 3.8) is 0 Å². The van der Waals surface area contributed by atoms with Gasteiger partial charge in [0.15, 0.2) is 0 Å². The Morgan fingerprint density at radius 1 is 1.05 bits per heavy atom. The van der Waals surface area contributed by atoms with E-state index in [9.17, 15) is 13.2 Å². The second-order valence-corrected chi connectivity index (χ2v) is 11.2. The van der Waals surface area contributed by atoms with Crippen LogP contribution in [-0.2, 0) is 16.6 Å². The molecule has 1 aliphatic heterocycles. The van der Waals surface area contributed by atoms with Gasteiger partial charge in [0, 0.05) is 17.8 Å². The van der Waals surface area contributed by atoms with Gasteiger partial charge in [0.25, 0.3) is 15.9 Å². The Bertz CT molecular complexity index is 1550. The molecule has 10 nitrogen and oxygen atoms in total. The van der Waals surface area contributed by atoms with E-state index in [4.69, 9.17) is 4.74 Å². The summed E-state index contributed by atoms with van der Waals surface area (Å²) < 4.78 is 36.7. The quantitative estimate of drug-likeness (QED) is 0.401. The van der Waals surface area contributed by atoms with Crippen LogP contribution in [0.4, 0.5) is 5.95 Å². The Labute approximate surface area is 221 Å². The molecule has 3 heterocycles. The van der Waals surface area contributed by atoms with Gasteiger partial charge in [-0.1, -0.05) is 50.2 Å². The number of benzene rings is 2. The Morgan fingerprint density at radius 3 is 2.66 bits per heavy atom. The number of rotatable bonds is 5. The molecule has 0 spiro atoms. The Balaban J connectivity index is 1.57. The second-order valence-electron chi connectivity index (χ2n) is 9.52.